The summed E-state index contributed by atoms with van der Waals surface area (Å²) in [6.07, 6.45) is 1.56. The van der Waals surface area contributed by atoms with Crippen LogP contribution in [-0.4, -0.2) is 30.5 Å². The van der Waals surface area contributed by atoms with Crippen LogP contribution in [0.15, 0.2) is 46.6 Å². The second kappa shape index (κ2) is 8.67. The monoisotopic (exact) mass is 464 g/mol. The second-order valence-electron chi connectivity index (χ2n) is 5.99. The molecule has 3 amide bonds. The van der Waals surface area contributed by atoms with Gasteiger partial charge in [-0.3, -0.25) is 9.69 Å². The normalized spacial score (nSPS) is 15.1. The van der Waals surface area contributed by atoms with Crippen LogP contribution in [0.2, 0.25) is 5.02 Å². The summed E-state index contributed by atoms with van der Waals surface area (Å²) >= 11 is 9.78. The highest BCUT2D eigenvalue weighted by Crippen LogP contribution is 2.37. The van der Waals surface area contributed by atoms with E-state index in [1.54, 1.807) is 25.1 Å². The highest BCUT2D eigenvalue weighted by molar-refractivity contribution is 9.10. The van der Waals surface area contributed by atoms with Crippen molar-refractivity contribution in [3.05, 3.63) is 62.7 Å². The topological polar surface area (TPSA) is 67.9 Å². The van der Waals surface area contributed by atoms with E-state index in [1.807, 2.05) is 24.3 Å². The van der Waals surface area contributed by atoms with Crippen LogP contribution in [0, 0.1) is 0 Å². The van der Waals surface area contributed by atoms with Gasteiger partial charge in [-0.2, -0.15) is 0 Å². The SMILES string of the molecule is CCN1C(=O)N/C(=C/c2cc(Cl)c(OCc3ccc(Br)cc3)c(OC)c2)C1=O. The molecule has 1 N–H and O–H groups in total. The van der Waals surface area contributed by atoms with Gasteiger partial charge in [0.2, 0.25) is 0 Å². The molecule has 3 rings (SSSR count). The van der Waals surface area contributed by atoms with Gasteiger partial charge >= 0.3 is 6.03 Å². The first-order chi connectivity index (χ1) is 13.4. The van der Waals surface area contributed by atoms with Crippen LogP contribution in [-0.2, 0) is 11.4 Å². The van der Waals surface area contributed by atoms with Crippen LogP contribution >= 0.6 is 27.5 Å². The van der Waals surface area contributed by atoms with Crippen molar-refractivity contribution < 1.29 is 19.1 Å². The van der Waals surface area contributed by atoms with Crippen LogP contribution in [0.4, 0.5) is 4.79 Å². The van der Waals surface area contributed by atoms with E-state index >= 15 is 0 Å². The first kappa shape index (κ1) is 20.2. The number of methoxy groups -OCH3 is 1. The van der Waals surface area contributed by atoms with E-state index in [-0.39, 0.29) is 11.6 Å². The van der Waals surface area contributed by atoms with Crippen molar-refractivity contribution in [2.45, 2.75) is 13.5 Å². The zero-order valence-electron chi connectivity index (χ0n) is 15.3. The average molecular weight is 466 g/mol. The Bertz CT molecular complexity index is 944. The molecule has 1 saturated heterocycles. The number of hydrogen-bond acceptors (Lipinski definition) is 4. The predicted octanol–water partition coefficient (Wildman–Crippen LogP) is 4.60. The van der Waals surface area contributed by atoms with Crippen molar-refractivity contribution in [1.82, 2.24) is 10.2 Å². The lowest BCUT2D eigenvalue weighted by atomic mass is 10.1. The Kier molecular flexibility index (Phi) is 6.26. The van der Waals surface area contributed by atoms with Gasteiger partial charge in [-0.05, 0) is 48.4 Å². The number of carbonyl (C=O) groups is 2. The highest BCUT2D eigenvalue weighted by Gasteiger charge is 2.32. The minimum Gasteiger partial charge on any atom is -0.493 e. The van der Waals surface area contributed by atoms with Crippen molar-refractivity contribution in [1.29, 1.82) is 0 Å². The molecule has 0 unspecified atom stereocenters. The van der Waals surface area contributed by atoms with Crippen LogP contribution in [0.25, 0.3) is 6.08 Å². The number of likely N-dealkylation sites (N-methyl/N-ethyl adjacent to an activating group) is 1. The van der Waals surface area contributed by atoms with Crippen LogP contribution < -0.4 is 14.8 Å². The molecule has 0 spiro atoms. The van der Waals surface area contributed by atoms with Gasteiger partial charge in [0, 0.05) is 11.0 Å². The molecule has 0 bridgehead atoms. The molecule has 1 fully saturated rings. The third-order valence-corrected chi connectivity index (χ3v) is 4.95. The van der Waals surface area contributed by atoms with Gasteiger partial charge < -0.3 is 14.8 Å². The summed E-state index contributed by atoms with van der Waals surface area (Å²) in [6.45, 7) is 2.36. The molecular weight excluding hydrogens is 448 g/mol. The first-order valence-electron chi connectivity index (χ1n) is 8.52. The fraction of sp³-hybridized carbons (Fsp3) is 0.200. The van der Waals surface area contributed by atoms with E-state index in [0.717, 1.165) is 14.9 Å². The first-order valence-corrected chi connectivity index (χ1v) is 9.69. The number of benzene rings is 2. The number of imide groups is 1. The van der Waals surface area contributed by atoms with Gasteiger partial charge in [0.15, 0.2) is 11.5 Å². The summed E-state index contributed by atoms with van der Waals surface area (Å²) in [5.41, 5.74) is 1.78. The van der Waals surface area contributed by atoms with Gasteiger partial charge in [0.05, 0.1) is 12.1 Å². The Balaban J connectivity index is 1.83. The molecule has 0 aromatic heterocycles. The maximum absolute atomic E-state index is 12.2. The van der Waals surface area contributed by atoms with Crippen LogP contribution in [0.5, 0.6) is 11.5 Å². The molecule has 8 heteroatoms. The van der Waals surface area contributed by atoms with E-state index in [4.69, 9.17) is 21.1 Å². The van der Waals surface area contributed by atoms with Crippen molar-refractivity contribution in [3.63, 3.8) is 0 Å². The minimum atomic E-state index is -0.439. The number of nitrogens with zero attached hydrogens (tertiary/aromatic N) is 1. The smallest absolute Gasteiger partial charge is 0.328 e. The quantitative estimate of drug-likeness (QED) is 0.500. The molecule has 2 aromatic rings. The molecule has 1 aliphatic heterocycles. The number of halogens is 2. The minimum absolute atomic E-state index is 0.188. The van der Waals surface area contributed by atoms with Crippen molar-refractivity contribution in [2.24, 2.45) is 0 Å². The van der Waals surface area contributed by atoms with Gasteiger partial charge in [-0.15, -0.1) is 0 Å². The third kappa shape index (κ3) is 4.31. The number of urea groups is 1. The molecule has 0 aliphatic carbocycles. The van der Waals surface area contributed by atoms with Gasteiger partial charge in [0.25, 0.3) is 5.91 Å². The number of amides is 3. The zero-order chi connectivity index (χ0) is 20.3. The summed E-state index contributed by atoms with van der Waals surface area (Å²) in [5.74, 6) is 0.463. The van der Waals surface area contributed by atoms with Gasteiger partial charge in [-0.1, -0.05) is 39.7 Å². The molecule has 1 heterocycles. The molecule has 28 heavy (non-hydrogen) atoms. The fourth-order valence-corrected chi connectivity index (χ4v) is 3.26. The zero-order valence-corrected chi connectivity index (χ0v) is 17.6. The molecule has 1 aliphatic rings. The maximum atomic E-state index is 12.2. The Morgan fingerprint density at radius 3 is 2.54 bits per heavy atom. The third-order valence-electron chi connectivity index (χ3n) is 4.14. The number of hydrogen-bond donors (Lipinski definition) is 1. The number of carbonyl (C=O) groups excluding carboxylic acids is 2. The predicted molar refractivity (Wildman–Crippen MR) is 110 cm³/mol. The largest absolute Gasteiger partial charge is 0.493 e. The van der Waals surface area contributed by atoms with Crippen molar-refractivity contribution >= 4 is 45.5 Å². The number of ether oxygens (including phenoxy) is 2. The van der Waals surface area contributed by atoms with Crippen LogP contribution in [0.3, 0.4) is 0 Å². The maximum Gasteiger partial charge on any atom is 0.328 e. The van der Waals surface area contributed by atoms with E-state index in [2.05, 4.69) is 21.2 Å². The molecule has 2 aromatic carbocycles. The summed E-state index contributed by atoms with van der Waals surface area (Å²) in [5, 5.41) is 2.90. The Morgan fingerprint density at radius 2 is 1.93 bits per heavy atom. The van der Waals surface area contributed by atoms with Crippen LogP contribution in [0.1, 0.15) is 18.1 Å². The Morgan fingerprint density at radius 1 is 1.21 bits per heavy atom. The lowest BCUT2D eigenvalue weighted by Gasteiger charge is -2.13. The second-order valence-corrected chi connectivity index (χ2v) is 7.31. The van der Waals surface area contributed by atoms with Crippen molar-refractivity contribution in [2.75, 3.05) is 13.7 Å². The Hall–Kier alpha value is -2.51. The average Bonchev–Trinajstić information content (AvgIpc) is 2.94. The summed E-state index contributed by atoms with van der Waals surface area (Å²) in [4.78, 5) is 25.1. The Labute approximate surface area is 176 Å². The highest BCUT2D eigenvalue weighted by atomic mass is 79.9. The summed E-state index contributed by atoms with van der Waals surface area (Å²) < 4.78 is 12.2. The molecular formula is C20H18BrClN2O4. The summed E-state index contributed by atoms with van der Waals surface area (Å²) in [7, 11) is 1.51. The lowest BCUT2D eigenvalue weighted by molar-refractivity contribution is -0.122. The van der Waals surface area contributed by atoms with E-state index in [9.17, 15) is 9.59 Å². The molecule has 0 atom stereocenters. The van der Waals surface area contributed by atoms with Crippen molar-refractivity contribution in [3.8, 4) is 11.5 Å². The van der Waals surface area contributed by atoms with Gasteiger partial charge in [-0.25, -0.2) is 4.79 Å². The van der Waals surface area contributed by atoms with E-state index in [1.165, 1.54) is 7.11 Å². The molecule has 0 saturated carbocycles. The number of nitrogens with one attached hydrogen (secondary N) is 1. The number of rotatable bonds is 6. The molecule has 6 nitrogen and oxygen atoms in total. The summed E-state index contributed by atoms with van der Waals surface area (Å²) in [6, 6.07) is 10.7. The fourth-order valence-electron chi connectivity index (χ4n) is 2.72. The van der Waals surface area contributed by atoms with Gasteiger partial charge in [0.1, 0.15) is 12.3 Å². The lowest BCUT2D eigenvalue weighted by Crippen LogP contribution is -2.30. The molecule has 0 radical (unpaired) electrons. The van der Waals surface area contributed by atoms with E-state index in [0.29, 0.717) is 35.2 Å². The van der Waals surface area contributed by atoms with E-state index < -0.39 is 6.03 Å². The standard InChI is InChI=1S/C20H18BrClN2O4/c1-3-24-19(25)16(23-20(24)26)9-13-8-15(22)18(17(10-13)27-2)28-11-12-4-6-14(21)7-5-12/h4-10H,3,11H2,1-2H3,(H,23,26)/b16-9+. The molecule has 146 valence electrons.